The van der Waals surface area contributed by atoms with Gasteiger partial charge in [-0.05, 0) is 140 Å². The van der Waals surface area contributed by atoms with Crippen molar-refractivity contribution in [3.63, 3.8) is 0 Å². The molecule has 0 fully saturated rings. The number of hydrogen-bond acceptors (Lipinski definition) is 0. The standard InChI is InChI=1S/C62H61N3/c1-58(2,3)32-16-18-47-38(23-32)42-26-35(61(10,11)12)28-45-53-49(63(47)56(42)45)20-21-50-54(53)46-29-36(62(13,14)15)27-44-40-30-39-43-25-34(60(7,8)9)24-41-37-22-33(59(4,5)6)17-19-48(37)64(55(41)43)51(39)31-52(40)65(50)57(44)46/h16-31H,1-15H3. The molecule has 0 N–H and O–H groups in total. The van der Waals surface area contributed by atoms with Crippen LogP contribution < -0.4 is 0 Å². The Morgan fingerprint density at radius 1 is 0.231 bits per heavy atom. The van der Waals surface area contributed by atoms with Crippen LogP contribution in [0.2, 0.25) is 0 Å². The van der Waals surface area contributed by atoms with Crippen LogP contribution in [0.5, 0.6) is 0 Å². The summed E-state index contributed by atoms with van der Waals surface area (Å²) >= 11 is 0. The zero-order chi connectivity index (χ0) is 45.6. The van der Waals surface area contributed by atoms with Crippen molar-refractivity contribution >= 4 is 114 Å². The van der Waals surface area contributed by atoms with Gasteiger partial charge in [-0.2, -0.15) is 0 Å². The Kier molecular flexibility index (Phi) is 7.05. The Balaban J connectivity index is 1.23. The molecule has 0 bridgehead atoms. The highest BCUT2D eigenvalue weighted by molar-refractivity contribution is 6.36. The molecule has 3 heteroatoms. The van der Waals surface area contributed by atoms with Gasteiger partial charge in [0.2, 0.25) is 0 Å². The number of hydrogen-bond donors (Lipinski definition) is 0. The van der Waals surface area contributed by atoms with Crippen LogP contribution in [0.3, 0.4) is 0 Å². The summed E-state index contributed by atoms with van der Waals surface area (Å²) in [5, 5.41) is 16.3. The first-order valence-corrected chi connectivity index (χ1v) is 24.0. The van der Waals surface area contributed by atoms with E-state index in [1.54, 1.807) is 0 Å². The largest absolute Gasteiger partial charge is 0.308 e. The summed E-state index contributed by atoms with van der Waals surface area (Å²) in [4.78, 5) is 0. The first kappa shape index (κ1) is 39.3. The summed E-state index contributed by atoms with van der Waals surface area (Å²) in [6, 6.07) is 39.5. The quantitative estimate of drug-likeness (QED) is 0.144. The third-order valence-electron chi connectivity index (χ3n) is 15.7. The smallest absolute Gasteiger partial charge is 0.0620 e. The minimum absolute atomic E-state index is 0.00543. The Labute approximate surface area is 381 Å². The Morgan fingerprint density at radius 2 is 0.492 bits per heavy atom. The molecule has 6 aromatic heterocycles. The normalized spacial score (nSPS) is 14.4. The molecule has 6 heterocycles. The first-order chi connectivity index (χ1) is 30.4. The lowest BCUT2D eigenvalue weighted by Gasteiger charge is -2.20. The molecule has 7 aromatic carbocycles. The Bertz CT molecular complexity index is 4220. The summed E-state index contributed by atoms with van der Waals surface area (Å²) in [7, 11) is 0. The van der Waals surface area contributed by atoms with Crippen molar-refractivity contribution in [2.45, 2.75) is 131 Å². The molecule has 0 aliphatic carbocycles. The maximum absolute atomic E-state index is 2.64. The average Bonchev–Trinajstić information content (AvgIpc) is 4.04. The van der Waals surface area contributed by atoms with Crippen LogP contribution in [0.25, 0.3) is 114 Å². The zero-order valence-electron chi connectivity index (χ0n) is 41.1. The topological polar surface area (TPSA) is 13.2 Å². The van der Waals surface area contributed by atoms with Gasteiger partial charge in [-0.1, -0.05) is 116 Å². The van der Waals surface area contributed by atoms with Crippen LogP contribution in [0.15, 0.2) is 97.1 Å². The lowest BCUT2D eigenvalue weighted by Crippen LogP contribution is -2.11. The predicted molar refractivity (Wildman–Crippen MR) is 284 cm³/mol. The Morgan fingerprint density at radius 3 is 0.846 bits per heavy atom. The van der Waals surface area contributed by atoms with Gasteiger partial charge >= 0.3 is 0 Å². The molecule has 3 nitrogen and oxygen atoms in total. The molecule has 0 amide bonds. The summed E-state index contributed by atoms with van der Waals surface area (Å²) in [5.74, 6) is 0. The molecule has 0 unspecified atom stereocenters. The van der Waals surface area contributed by atoms with Gasteiger partial charge in [0.1, 0.15) is 0 Å². The summed E-state index contributed by atoms with van der Waals surface area (Å²) < 4.78 is 7.82. The molecule has 0 saturated carbocycles. The van der Waals surface area contributed by atoms with Crippen molar-refractivity contribution < 1.29 is 0 Å². The van der Waals surface area contributed by atoms with E-state index in [0.29, 0.717) is 0 Å². The summed E-state index contributed by atoms with van der Waals surface area (Å²) in [6.45, 7) is 35.3. The maximum atomic E-state index is 2.64. The molecule has 13 rings (SSSR count). The average molecular weight is 848 g/mol. The van der Waals surface area contributed by atoms with Crippen LogP contribution in [0, 0.1) is 0 Å². The highest BCUT2D eigenvalue weighted by Crippen LogP contribution is 2.51. The molecule has 13 aromatic rings. The molecule has 0 radical (unpaired) electrons. The number of fused-ring (bicyclic) bond motifs is 19. The minimum Gasteiger partial charge on any atom is -0.308 e. The maximum Gasteiger partial charge on any atom is 0.0620 e. The van der Waals surface area contributed by atoms with Crippen molar-refractivity contribution in [3.8, 4) is 0 Å². The van der Waals surface area contributed by atoms with Gasteiger partial charge in [0.25, 0.3) is 0 Å². The second-order valence-electron chi connectivity index (χ2n) is 25.2. The molecule has 0 saturated heterocycles. The number of benzene rings is 7. The second kappa shape index (κ2) is 11.7. The first-order valence-electron chi connectivity index (χ1n) is 24.0. The van der Waals surface area contributed by atoms with E-state index in [0.717, 1.165) is 0 Å². The lowest BCUT2D eigenvalue weighted by atomic mass is 9.84. The van der Waals surface area contributed by atoms with Gasteiger partial charge < -0.3 is 13.2 Å². The van der Waals surface area contributed by atoms with Crippen LogP contribution in [0.4, 0.5) is 0 Å². The van der Waals surface area contributed by atoms with E-state index in [4.69, 9.17) is 0 Å². The lowest BCUT2D eigenvalue weighted by molar-refractivity contribution is 0.590. The van der Waals surface area contributed by atoms with Crippen molar-refractivity contribution in [1.29, 1.82) is 0 Å². The fraction of sp³-hybridized carbons (Fsp3) is 0.323. The molecule has 0 spiro atoms. The number of rotatable bonds is 0. The molecule has 0 aliphatic rings. The van der Waals surface area contributed by atoms with Crippen LogP contribution >= 0.6 is 0 Å². The van der Waals surface area contributed by atoms with Crippen molar-refractivity contribution in [2.24, 2.45) is 0 Å². The van der Waals surface area contributed by atoms with Crippen molar-refractivity contribution in [1.82, 2.24) is 13.2 Å². The second-order valence-corrected chi connectivity index (χ2v) is 25.2. The molecule has 0 atom stereocenters. The fourth-order valence-corrected chi connectivity index (χ4v) is 11.9. The number of aromatic nitrogens is 3. The van der Waals surface area contributed by atoms with E-state index >= 15 is 0 Å². The highest BCUT2D eigenvalue weighted by Gasteiger charge is 2.30. The van der Waals surface area contributed by atoms with Crippen molar-refractivity contribution in [2.75, 3.05) is 0 Å². The third-order valence-corrected chi connectivity index (χ3v) is 15.7. The SMILES string of the molecule is CC(C)(C)c1ccc2c(c1)c1cc(C(C)(C)C)cc3c4cc5c6cc(C(C)(C)C)cc7c8c9c%10cc(C(C)(C)C)cc%11c%12cc(C(C)(C)C)ccc%12n(c9ccc8n(c5cc4n2c13)c67)c%11%10. The van der Waals surface area contributed by atoms with E-state index in [1.807, 2.05) is 0 Å². The van der Waals surface area contributed by atoms with Crippen LogP contribution in [-0.2, 0) is 27.1 Å². The van der Waals surface area contributed by atoms with Gasteiger partial charge in [0.05, 0.1) is 49.7 Å². The molecule has 324 valence electrons. The van der Waals surface area contributed by atoms with Gasteiger partial charge in [-0.3, -0.25) is 0 Å². The van der Waals surface area contributed by atoms with Crippen LogP contribution in [-0.4, -0.2) is 13.2 Å². The molecular weight excluding hydrogens is 787 g/mol. The third kappa shape index (κ3) is 4.97. The van der Waals surface area contributed by atoms with E-state index in [2.05, 4.69) is 214 Å². The van der Waals surface area contributed by atoms with Crippen LogP contribution in [0.1, 0.15) is 132 Å². The number of nitrogens with zero attached hydrogens (tertiary/aromatic N) is 3. The van der Waals surface area contributed by atoms with Gasteiger partial charge in [0, 0.05) is 64.6 Å². The van der Waals surface area contributed by atoms with E-state index in [1.165, 1.54) is 142 Å². The van der Waals surface area contributed by atoms with E-state index < -0.39 is 0 Å². The zero-order valence-corrected chi connectivity index (χ0v) is 41.1. The highest BCUT2D eigenvalue weighted by atomic mass is 15.0. The van der Waals surface area contributed by atoms with E-state index in [-0.39, 0.29) is 27.1 Å². The molecular formula is C62H61N3. The van der Waals surface area contributed by atoms with Gasteiger partial charge in [-0.15, -0.1) is 0 Å². The molecule has 65 heavy (non-hydrogen) atoms. The monoisotopic (exact) mass is 847 g/mol. The summed E-state index contributed by atoms with van der Waals surface area (Å²) in [5.41, 5.74) is 18.7. The minimum atomic E-state index is -0.0431. The predicted octanol–water partition coefficient (Wildman–Crippen LogP) is 17.6. The Hall–Kier alpha value is -6.06. The van der Waals surface area contributed by atoms with Gasteiger partial charge in [-0.25, -0.2) is 0 Å². The summed E-state index contributed by atoms with van der Waals surface area (Å²) in [6.07, 6.45) is 0. The van der Waals surface area contributed by atoms with E-state index in [9.17, 15) is 0 Å². The molecule has 0 aliphatic heterocycles. The van der Waals surface area contributed by atoms with Gasteiger partial charge in [0.15, 0.2) is 0 Å². The van der Waals surface area contributed by atoms with Crippen molar-refractivity contribution in [3.05, 3.63) is 125 Å². The fourth-order valence-electron chi connectivity index (χ4n) is 11.9.